The van der Waals surface area contributed by atoms with Crippen molar-refractivity contribution >= 4 is 15.9 Å². The minimum absolute atomic E-state index is 0.0173. The largest absolute Gasteiger partial charge is 0.453 e. The average molecular weight is 190 g/mol. The minimum Gasteiger partial charge on any atom is -0.453 e. The predicted molar refractivity (Wildman–Crippen MR) is 39.0 cm³/mol. The Balaban J connectivity index is 2.85. The van der Waals surface area contributed by atoms with Crippen LogP contribution in [0.15, 0.2) is 21.2 Å². The summed E-state index contributed by atoms with van der Waals surface area (Å²) in [6.07, 6.45) is 0. The lowest BCUT2D eigenvalue weighted by molar-refractivity contribution is 0.461. The summed E-state index contributed by atoms with van der Waals surface area (Å²) < 4.78 is 5.87. The van der Waals surface area contributed by atoms with E-state index in [4.69, 9.17) is 10.2 Å². The van der Waals surface area contributed by atoms with Crippen molar-refractivity contribution < 1.29 is 4.42 Å². The molecule has 0 fully saturated rings. The summed E-state index contributed by atoms with van der Waals surface area (Å²) >= 11 is 3.18. The first kappa shape index (κ1) is 6.83. The zero-order valence-electron chi connectivity index (χ0n) is 5.10. The maximum absolute atomic E-state index is 5.51. The number of hydrogen-bond donors (Lipinski definition) is 1. The van der Waals surface area contributed by atoms with Crippen molar-refractivity contribution in [3.63, 3.8) is 0 Å². The third-order valence-corrected chi connectivity index (χ3v) is 1.47. The quantitative estimate of drug-likeness (QED) is 0.735. The topological polar surface area (TPSA) is 39.2 Å². The molecule has 0 spiro atoms. The zero-order chi connectivity index (χ0) is 6.85. The monoisotopic (exact) mass is 189 g/mol. The van der Waals surface area contributed by atoms with E-state index >= 15 is 0 Å². The van der Waals surface area contributed by atoms with Gasteiger partial charge in [-0.1, -0.05) is 0 Å². The van der Waals surface area contributed by atoms with Gasteiger partial charge in [0, 0.05) is 0 Å². The molecule has 0 bridgehead atoms. The number of rotatable bonds is 1. The summed E-state index contributed by atoms with van der Waals surface area (Å²) in [5, 5.41) is 0. The van der Waals surface area contributed by atoms with E-state index in [-0.39, 0.29) is 6.04 Å². The summed E-state index contributed by atoms with van der Waals surface area (Å²) in [6, 6.07) is 3.67. The van der Waals surface area contributed by atoms with Gasteiger partial charge in [-0.25, -0.2) is 0 Å². The van der Waals surface area contributed by atoms with Crippen molar-refractivity contribution in [1.29, 1.82) is 0 Å². The third-order valence-electron chi connectivity index (χ3n) is 1.04. The number of nitrogens with two attached hydrogens (primary N) is 1. The Morgan fingerprint density at radius 2 is 2.33 bits per heavy atom. The summed E-state index contributed by atoms with van der Waals surface area (Å²) in [4.78, 5) is 0. The van der Waals surface area contributed by atoms with Crippen LogP contribution in [0.5, 0.6) is 0 Å². The van der Waals surface area contributed by atoms with Crippen LogP contribution in [0.25, 0.3) is 0 Å². The molecule has 2 N–H and O–H groups in total. The Labute approximate surface area is 62.2 Å². The van der Waals surface area contributed by atoms with Gasteiger partial charge in [-0.2, -0.15) is 0 Å². The minimum atomic E-state index is -0.0173. The molecule has 3 heteroatoms. The van der Waals surface area contributed by atoms with Crippen LogP contribution in [-0.2, 0) is 0 Å². The van der Waals surface area contributed by atoms with Crippen molar-refractivity contribution in [3.05, 3.63) is 22.6 Å². The first-order valence-electron chi connectivity index (χ1n) is 2.71. The van der Waals surface area contributed by atoms with Gasteiger partial charge in [0.15, 0.2) is 4.67 Å². The standard InChI is InChI=1S/C6H8BrNO/c1-4(8)5-2-3-6(7)9-5/h2-4H,8H2,1H3. The Kier molecular flexibility index (Phi) is 1.93. The van der Waals surface area contributed by atoms with Gasteiger partial charge in [0.2, 0.25) is 0 Å². The Bertz CT molecular complexity index is 195. The highest BCUT2D eigenvalue weighted by Gasteiger charge is 2.02. The van der Waals surface area contributed by atoms with E-state index in [0.717, 1.165) is 10.4 Å². The van der Waals surface area contributed by atoms with E-state index in [1.54, 1.807) is 0 Å². The van der Waals surface area contributed by atoms with Crippen LogP contribution in [0.4, 0.5) is 0 Å². The summed E-state index contributed by atoms with van der Waals surface area (Å²) in [6.45, 7) is 1.88. The van der Waals surface area contributed by atoms with Gasteiger partial charge in [0.25, 0.3) is 0 Å². The molecule has 0 amide bonds. The molecule has 1 atom stereocenters. The summed E-state index contributed by atoms with van der Waals surface area (Å²) in [5.41, 5.74) is 5.51. The van der Waals surface area contributed by atoms with Crippen molar-refractivity contribution in [2.45, 2.75) is 13.0 Å². The first-order chi connectivity index (χ1) is 4.20. The number of halogens is 1. The lowest BCUT2D eigenvalue weighted by atomic mass is 10.3. The SMILES string of the molecule is CC(N)c1ccc(Br)o1. The van der Waals surface area contributed by atoms with Crippen LogP contribution in [0.3, 0.4) is 0 Å². The first-order valence-corrected chi connectivity index (χ1v) is 3.50. The molecule has 1 unspecified atom stereocenters. The molecular formula is C6H8BrNO. The molecular weight excluding hydrogens is 182 g/mol. The molecule has 2 nitrogen and oxygen atoms in total. The smallest absolute Gasteiger partial charge is 0.169 e. The van der Waals surface area contributed by atoms with Crippen LogP contribution in [-0.4, -0.2) is 0 Å². The molecule has 0 saturated heterocycles. The van der Waals surface area contributed by atoms with E-state index in [1.165, 1.54) is 0 Å². The third kappa shape index (κ3) is 1.56. The van der Waals surface area contributed by atoms with Crippen LogP contribution >= 0.6 is 15.9 Å². The average Bonchev–Trinajstić information content (AvgIpc) is 2.14. The summed E-state index contributed by atoms with van der Waals surface area (Å²) in [7, 11) is 0. The van der Waals surface area contributed by atoms with Crippen molar-refractivity contribution in [2.75, 3.05) is 0 Å². The van der Waals surface area contributed by atoms with Gasteiger partial charge >= 0.3 is 0 Å². The van der Waals surface area contributed by atoms with Gasteiger partial charge in [-0.15, -0.1) is 0 Å². The molecule has 0 aliphatic heterocycles. The number of furan rings is 1. The summed E-state index contributed by atoms with van der Waals surface area (Å²) in [5.74, 6) is 0.807. The fourth-order valence-electron chi connectivity index (χ4n) is 0.573. The molecule has 1 rings (SSSR count). The Hall–Kier alpha value is -0.280. The van der Waals surface area contributed by atoms with Crippen LogP contribution < -0.4 is 5.73 Å². The van der Waals surface area contributed by atoms with E-state index in [0.29, 0.717) is 0 Å². The lowest BCUT2D eigenvalue weighted by Crippen LogP contribution is -2.02. The highest BCUT2D eigenvalue weighted by molar-refractivity contribution is 9.10. The molecule has 0 saturated carbocycles. The Morgan fingerprint density at radius 1 is 1.67 bits per heavy atom. The highest BCUT2D eigenvalue weighted by Crippen LogP contribution is 2.17. The molecule has 0 aliphatic rings. The van der Waals surface area contributed by atoms with E-state index in [1.807, 2.05) is 19.1 Å². The van der Waals surface area contributed by atoms with Gasteiger partial charge in [0.1, 0.15) is 5.76 Å². The van der Waals surface area contributed by atoms with E-state index < -0.39 is 0 Å². The lowest BCUT2D eigenvalue weighted by Gasteiger charge is -1.96. The molecule has 0 aliphatic carbocycles. The van der Waals surface area contributed by atoms with Gasteiger partial charge < -0.3 is 10.2 Å². The molecule has 1 aromatic rings. The van der Waals surface area contributed by atoms with Crippen molar-refractivity contribution in [2.24, 2.45) is 5.73 Å². The van der Waals surface area contributed by atoms with Gasteiger partial charge in [-0.05, 0) is 35.0 Å². The Morgan fingerprint density at radius 3 is 2.56 bits per heavy atom. The maximum Gasteiger partial charge on any atom is 0.169 e. The fraction of sp³-hybridized carbons (Fsp3) is 0.333. The van der Waals surface area contributed by atoms with Crippen LogP contribution in [0.1, 0.15) is 18.7 Å². The highest BCUT2D eigenvalue weighted by atomic mass is 79.9. The number of hydrogen-bond acceptors (Lipinski definition) is 2. The molecule has 0 aromatic carbocycles. The van der Waals surface area contributed by atoms with Gasteiger partial charge in [-0.3, -0.25) is 0 Å². The maximum atomic E-state index is 5.51. The second kappa shape index (κ2) is 2.54. The van der Waals surface area contributed by atoms with Crippen molar-refractivity contribution in [3.8, 4) is 0 Å². The normalized spacial score (nSPS) is 13.7. The molecule has 1 heterocycles. The van der Waals surface area contributed by atoms with Gasteiger partial charge in [0.05, 0.1) is 6.04 Å². The molecule has 1 aromatic heterocycles. The van der Waals surface area contributed by atoms with E-state index in [2.05, 4.69) is 15.9 Å². The van der Waals surface area contributed by atoms with Crippen LogP contribution in [0, 0.1) is 0 Å². The molecule has 0 radical (unpaired) electrons. The molecule has 50 valence electrons. The van der Waals surface area contributed by atoms with Crippen LogP contribution in [0.2, 0.25) is 0 Å². The second-order valence-electron chi connectivity index (χ2n) is 1.93. The fourth-order valence-corrected chi connectivity index (χ4v) is 0.892. The molecule has 9 heavy (non-hydrogen) atoms. The van der Waals surface area contributed by atoms with E-state index in [9.17, 15) is 0 Å². The second-order valence-corrected chi connectivity index (χ2v) is 2.71. The zero-order valence-corrected chi connectivity index (χ0v) is 6.68. The predicted octanol–water partition coefficient (Wildman–Crippen LogP) is 2.06. The van der Waals surface area contributed by atoms with Crippen molar-refractivity contribution in [1.82, 2.24) is 0 Å².